The van der Waals surface area contributed by atoms with Crippen molar-refractivity contribution in [3.63, 3.8) is 0 Å². The number of urea groups is 1. The lowest BCUT2D eigenvalue weighted by Gasteiger charge is -2.22. The molecule has 122 valence electrons. The summed E-state index contributed by atoms with van der Waals surface area (Å²) in [5, 5.41) is 11.4. The first-order valence-corrected chi connectivity index (χ1v) is 7.08. The van der Waals surface area contributed by atoms with Crippen molar-refractivity contribution < 1.29 is 23.8 Å². The van der Waals surface area contributed by atoms with E-state index < -0.39 is 17.8 Å². The average Bonchev–Trinajstić information content (AvgIpc) is 2.52. The van der Waals surface area contributed by atoms with Gasteiger partial charge in [-0.2, -0.15) is 0 Å². The summed E-state index contributed by atoms with van der Waals surface area (Å²) in [5.41, 5.74) is 0.0359. The number of hydrogen-bond donors (Lipinski definition) is 2. The molecular weight excluding hydrogens is 291 g/mol. The molecule has 0 unspecified atom stereocenters. The van der Waals surface area contributed by atoms with Crippen LogP contribution in [0.3, 0.4) is 0 Å². The van der Waals surface area contributed by atoms with E-state index in [9.17, 15) is 14.0 Å². The van der Waals surface area contributed by atoms with Crippen LogP contribution in [0.5, 0.6) is 0 Å². The van der Waals surface area contributed by atoms with Gasteiger partial charge in [0.1, 0.15) is 5.82 Å². The molecule has 1 aromatic rings. The van der Waals surface area contributed by atoms with Crippen LogP contribution in [0.4, 0.5) is 14.9 Å². The number of amides is 2. The second-order valence-electron chi connectivity index (χ2n) is 4.68. The number of halogens is 1. The molecular formula is C15H21FN2O4. The number of ether oxygens (including phenoxy) is 1. The number of carbonyl (C=O) groups excluding carboxylic acids is 2. The van der Waals surface area contributed by atoms with Gasteiger partial charge >= 0.3 is 12.0 Å². The van der Waals surface area contributed by atoms with Gasteiger partial charge in [0.25, 0.3) is 0 Å². The minimum absolute atomic E-state index is 0.104. The first-order chi connectivity index (χ1) is 10.5. The molecule has 0 aromatic heterocycles. The number of esters is 1. The molecule has 7 heteroatoms. The van der Waals surface area contributed by atoms with E-state index in [-0.39, 0.29) is 24.4 Å². The third-order valence-electron chi connectivity index (χ3n) is 3.07. The molecule has 0 bridgehead atoms. The van der Waals surface area contributed by atoms with Crippen LogP contribution in [-0.2, 0) is 4.74 Å². The van der Waals surface area contributed by atoms with Gasteiger partial charge in [0.2, 0.25) is 0 Å². The van der Waals surface area contributed by atoms with Gasteiger partial charge in [-0.3, -0.25) is 0 Å². The van der Waals surface area contributed by atoms with E-state index in [0.29, 0.717) is 6.54 Å². The van der Waals surface area contributed by atoms with Crippen LogP contribution in [0.25, 0.3) is 0 Å². The van der Waals surface area contributed by atoms with Crippen molar-refractivity contribution in [3.8, 4) is 0 Å². The van der Waals surface area contributed by atoms with Crippen molar-refractivity contribution >= 4 is 17.7 Å². The minimum atomic E-state index is -0.652. The zero-order valence-electron chi connectivity index (χ0n) is 12.8. The number of unbranched alkanes of at least 4 members (excludes halogenated alkanes) is 1. The van der Waals surface area contributed by atoms with Gasteiger partial charge in [-0.1, -0.05) is 13.3 Å². The Labute approximate surface area is 128 Å². The van der Waals surface area contributed by atoms with Crippen LogP contribution in [0.1, 0.15) is 30.1 Å². The van der Waals surface area contributed by atoms with Crippen LogP contribution >= 0.6 is 0 Å². The summed E-state index contributed by atoms with van der Waals surface area (Å²) >= 11 is 0. The highest BCUT2D eigenvalue weighted by atomic mass is 19.1. The fraction of sp³-hybridized carbons (Fsp3) is 0.467. The Morgan fingerprint density at radius 1 is 1.36 bits per heavy atom. The van der Waals surface area contributed by atoms with Crippen molar-refractivity contribution in [2.75, 3.05) is 32.1 Å². The number of benzene rings is 1. The van der Waals surface area contributed by atoms with E-state index >= 15 is 0 Å². The van der Waals surface area contributed by atoms with E-state index in [1.165, 1.54) is 24.1 Å². The zero-order valence-corrected chi connectivity index (χ0v) is 12.8. The Morgan fingerprint density at radius 3 is 2.68 bits per heavy atom. The summed E-state index contributed by atoms with van der Waals surface area (Å²) in [6, 6.07) is 3.06. The monoisotopic (exact) mass is 312 g/mol. The molecule has 1 rings (SSSR count). The maximum atomic E-state index is 13.8. The van der Waals surface area contributed by atoms with Crippen molar-refractivity contribution in [1.29, 1.82) is 0 Å². The largest absolute Gasteiger partial charge is 0.465 e. The number of rotatable bonds is 7. The Morgan fingerprint density at radius 2 is 2.09 bits per heavy atom. The molecule has 0 aliphatic rings. The summed E-state index contributed by atoms with van der Waals surface area (Å²) in [7, 11) is 1.22. The van der Waals surface area contributed by atoms with Crippen LogP contribution in [0.15, 0.2) is 18.2 Å². The van der Waals surface area contributed by atoms with Gasteiger partial charge in [-0.25, -0.2) is 14.0 Å². The first kappa shape index (κ1) is 17.9. The third kappa shape index (κ3) is 5.00. The Kier molecular flexibility index (Phi) is 7.31. The summed E-state index contributed by atoms with van der Waals surface area (Å²) < 4.78 is 18.3. The molecule has 0 atom stereocenters. The highest BCUT2D eigenvalue weighted by Crippen LogP contribution is 2.17. The van der Waals surface area contributed by atoms with E-state index in [1.807, 2.05) is 6.92 Å². The predicted octanol–water partition coefficient (Wildman–Crippen LogP) is 2.24. The topological polar surface area (TPSA) is 78.9 Å². The fourth-order valence-corrected chi connectivity index (χ4v) is 1.84. The van der Waals surface area contributed by atoms with Gasteiger partial charge in [0.05, 0.1) is 25.0 Å². The number of aliphatic hydroxyl groups excluding tert-OH is 1. The van der Waals surface area contributed by atoms with Crippen molar-refractivity contribution in [3.05, 3.63) is 29.6 Å². The van der Waals surface area contributed by atoms with Crippen molar-refractivity contribution in [1.82, 2.24) is 4.90 Å². The molecule has 22 heavy (non-hydrogen) atoms. The van der Waals surface area contributed by atoms with E-state index in [2.05, 4.69) is 10.1 Å². The van der Waals surface area contributed by atoms with Crippen LogP contribution in [0, 0.1) is 5.82 Å². The second-order valence-corrected chi connectivity index (χ2v) is 4.68. The maximum absolute atomic E-state index is 13.8. The Balaban J connectivity index is 2.86. The van der Waals surface area contributed by atoms with E-state index in [4.69, 9.17) is 5.11 Å². The SMILES string of the molecule is CCCCN(CCO)C(=O)Nc1cc(C(=O)OC)ccc1F. The smallest absolute Gasteiger partial charge is 0.337 e. The molecule has 2 N–H and O–H groups in total. The normalized spacial score (nSPS) is 10.2. The van der Waals surface area contributed by atoms with Gasteiger partial charge < -0.3 is 20.1 Å². The number of methoxy groups -OCH3 is 1. The predicted molar refractivity (Wildman–Crippen MR) is 80.3 cm³/mol. The van der Waals surface area contributed by atoms with Crippen LogP contribution < -0.4 is 5.32 Å². The molecule has 0 heterocycles. The number of aliphatic hydroxyl groups is 1. The third-order valence-corrected chi connectivity index (χ3v) is 3.07. The number of carbonyl (C=O) groups is 2. The molecule has 2 amide bonds. The van der Waals surface area contributed by atoms with Crippen LogP contribution in [0.2, 0.25) is 0 Å². The summed E-state index contributed by atoms with van der Waals surface area (Å²) in [5.74, 6) is -1.27. The number of nitrogens with one attached hydrogen (secondary N) is 1. The molecule has 0 fully saturated rings. The Hall–Kier alpha value is -2.15. The van der Waals surface area contributed by atoms with Crippen molar-refractivity contribution in [2.45, 2.75) is 19.8 Å². The molecule has 0 spiro atoms. The van der Waals surface area contributed by atoms with Gasteiger partial charge in [0.15, 0.2) is 0 Å². The lowest BCUT2D eigenvalue weighted by atomic mass is 10.2. The zero-order chi connectivity index (χ0) is 16.5. The summed E-state index contributed by atoms with van der Waals surface area (Å²) in [4.78, 5) is 25.0. The highest BCUT2D eigenvalue weighted by Gasteiger charge is 2.16. The van der Waals surface area contributed by atoms with E-state index in [0.717, 1.165) is 18.9 Å². The standard InChI is InChI=1S/C15H21FN2O4/c1-3-4-7-18(8-9-19)15(21)17-13-10-11(14(20)22-2)5-6-12(13)16/h5-6,10,19H,3-4,7-9H2,1-2H3,(H,17,21). The van der Waals surface area contributed by atoms with Crippen molar-refractivity contribution in [2.24, 2.45) is 0 Å². The number of nitrogens with zero attached hydrogens (tertiary/aromatic N) is 1. The molecule has 0 aliphatic carbocycles. The van der Waals surface area contributed by atoms with Gasteiger partial charge in [0, 0.05) is 13.1 Å². The van der Waals surface area contributed by atoms with Crippen LogP contribution in [-0.4, -0.2) is 48.8 Å². The minimum Gasteiger partial charge on any atom is -0.465 e. The Bertz CT molecular complexity index is 522. The average molecular weight is 312 g/mol. The summed E-state index contributed by atoms with van der Waals surface area (Å²) in [6.07, 6.45) is 1.67. The first-order valence-electron chi connectivity index (χ1n) is 7.08. The number of anilines is 1. The van der Waals surface area contributed by atoms with E-state index in [1.54, 1.807) is 0 Å². The molecule has 0 saturated carbocycles. The molecule has 0 saturated heterocycles. The molecule has 0 radical (unpaired) electrons. The highest BCUT2D eigenvalue weighted by molar-refractivity contribution is 5.94. The quantitative estimate of drug-likeness (QED) is 0.757. The molecule has 1 aromatic carbocycles. The lowest BCUT2D eigenvalue weighted by molar-refractivity contribution is 0.0600. The maximum Gasteiger partial charge on any atom is 0.337 e. The second kappa shape index (κ2) is 8.99. The lowest BCUT2D eigenvalue weighted by Crippen LogP contribution is -2.38. The molecule has 6 nitrogen and oxygen atoms in total. The van der Waals surface area contributed by atoms with Gasteiger partial charge in [-0.05, 0) is 24.6 Å². The van der Waals surface area contributed by atoms with Gasteiger partial charge in [-0.15, -0.1) is 0 Å². The molecule has 0 aliphatic heterocycles. The fourth-order valence-electron chi connectivity index (χ4n) is 1.84. The number of hydrogen-bond acceptors (Lipinski definition) is 4. The summed E-state index contributed by atoms with van der Waals surface area (Å²) in [6.45, 7) is 2.42.